The molecule has 0 aliphatic heterocycles. The van der Waals surface area contributed by atoms with Crippen LogP contribution in [0.1, 0.15) is 81.0 Å². The molecule has 0 fully saturated rings. The number of nitrogens with one attached hydrogen (secondary N) is 1. The van der Waals surface area contributed by atoms with Gasteiger partial charge in [-0.05, 0) is 66.1 Å². The zero-order chi connectivity index (χ0) is 26.3. The lowest BCUT2D eigenvalue weighted by atomic mass is 9.95. The van der Waals surface area contributed by atoms with Crippen molar-refractivity contribution in [2.24, 2.45) is 0 Å². The minimum Gasteiger partial charge on any atom is -0.461 e. The molecule has 9 nitrogen and oxygen atoms in total. The minimum atomic E-state index is -0.634. The molecule has 1 unspecified atom stereocenters. The van der Waals surface area contributed by atoms with E-state index in [1.165, 1.54) is 7.05 Å². The summed E-state index contributed by atoms with van der Waals surface area (Å²) in [4.78, 5) is 48.2. The number of amides is 1. The average Bonchev–Trinajstić information content (AvgIpc) is 2.86. The SMILES string of the molecule is CCC(=O)OCc1cc(COC(=O)CC)c(CC(=O)OC2/C=C/CCCCC2)c(COC(=O)NC)c1. The van der Waals surface area contributed by atoms with E-state index in [4.69, 9.17) is 18.9 Å². The average molecular weight is 504 g/mol. The highest BCUT2D eigenvalue weighted by molar-refractivity contribution is 5.75. The Morgan fingerprint density at radius 3 is 2.14 bits per heavy atom. The van der Waals surface area contributed by atoms with Crippen molar-refractivity contribution >= 4 is 24.0 Å². The van der Waals surface area contributed by atoms with Crippen LogP contribution in [0.2, 0.25) is 0 Å². The standard InChI is InChI=1S/C27H37NO8/c1-4-24(29)33-16-19-13-20(17-34-25(30)5-2)23(21(14-19)18-35-27(32)28-3)15-26(31)36-22-11-9-7-6-8-10-12-22/h9,11,13-14,22H,4-8,10,12,15-18H2,1-3H3,(H,28,32)/b11-9+. The second-order valence-electron chi connectivity index (χ2n) is 8.52. The third-order valence-corrected chi connectivity index (χ3v) is 5.74. The van der Waals surface area contributed by atoms with Gasteiger partial charge in [-0.15, -0.1) is 0 Å². The van der Waals surface area contributed by atoms with Crippen molar-refractivity contribution in [1.29, 1.82) is 0 Å². The van der Waals surface area contributed by atoms with Crippen LogP contribution >= 0.6 is 0 Å². The van der Waals surface area contributed by atoms with Crippen molar-refractivity contribution in [2.45, 2.75) is 91.1 Å². The summed E-state index contributed by atoms with van der Waals surface area (Å²) in [6.07, 6.45) is 8.32. The van der Waals surface area contributed by atoms with Gasteiger partial charge in [0.1, 0.15) is 25.9 Å². The molecule has 0 saturated carbocycles. The minimum absolute atomic E-state index is 0.00797. The summed E-state index contributed by atoms with van der Waals surface area (Å²) >= 11 is 0. The molecule has 1 aromatic carbocycles. The van der Waals surface area contributed by atoms with E-state index in [1.54, 1.807) is 26.0 Å². The lowest BCUT2D eigenvalue weighted by Crippen LogP contribution is -2.22. The molecule has 36 heavy (non-hydrogen) atoms. The van der Waals surface area contributed by atoms with Crippen molar-refractivity contribution in [1.82, 2.24) is 5.32 Å². The molecule has 1 amide bonds. The van der Waals surface area contributed by atoms with Gasteiger partial charge in [0, 0.05) is 19.9 Å². The molecule has 1 aromatic rings. The van der Waals surface area contributed by atoms with Crippen LogP contribution in [0.4, 0.5) is 4.79 Å². The highest BCUT2D eigenvalue weighted by atomic mass is 16.6. The first kappa shape index (κ1) is 28.9. The fourth-order valence-corrected chi connectivity index (χ4v) is 3.76. The molecule has 0 radical (unpaired) electrons. The molecular weight excluding hydrogens is 466 g/mol. The Hall–Kier alpha value is -3.36. The molecule has 0 spiro atoms. The predicted octanol–water partition coefficient (Wildman–Crippen LogP) is 4.42. The Morgan fingerprint density at radius 2 is 1.50 bits per heavy atom. The molecular formula is C27H37NO8. The summed E-state index contributed by atoms with van der Waals surface area (Å²) in [5.74, 6) is -1.19. The highest BCUT2D eigenvalue weighted by Gasteiger charge is 2.20. The normalized spacial score (nSPS) is 16.1. The molecule has 1 N–H and O–H groups in total. The van der Waals surface area contributed by atoms with Gasteiger partial charge in [0.25, 0.3) is 0 Å². The molecule has 0 bridgehead atoms. The van der Waals surface area contributed by atoms with Crippen molar-refractivity contribution in [3.05, 3.63) is 46.5 Å². The predicted molar refractivity (Wildman–Crippen MR) is 132 cm³/mol. The van der Waals surface area contributed by atoms with E-state index in [9.17, 15) is 19.2 Å². The van der Waals surface area contributed by atoms with Crippen LogP contribution in [0.15, 0.2) is 24.3 Å². The number of hydrogen-bond acceptors (Lipinski definition) is 8. The third kappa shape index (κ3) is 10.1. The summed E-state index contributed by atoms with van der Waals surface area (Å²) in [7, 11) is 1.44. The summed E-state index contributed by atoms with van der Waals surface area (Å²) in [6, 6.07) is 3.45. The molecule has 198 valence electrons. The number of esters is 3. The molecule has 0 heterocycles. The zero-order valence-electron chi connectivity index (χ0n) is 21.4. The zero-order valence-corrected chi connectivity index (χ0v) is 21.4. The number of ether oxygens (including phenoxy) is 4. The van der Waals surface area contributed by atoms with Crippen molar-refractivity contribution in [3.63, 3.8) is 0 Å². The molecule has 1 aliphatic carbocycles. The Morgan fingerprint density at radius 1 is 0.861 bits per heavy atom. The fourth-order valence-electron chi connectivity index (χ4n) is 3.76. The van der Waals surface area contributed by atoms with Crippen LogP contribution in [0.25, 0.3) is 0 Å². The maximum Gasteiger partial charge on any atom is 0.407 e. The smallest absolute Gasteiger partial charge is 0.407 e. The van der Waals surface area contributed by atoms with Crippen LogP contribution in [-0.2, 0) is 59.6 Å². The van der Waals surface area contributed by atoms with Gasteiger partial charge in [0.05, 0.1) is 6.42 Å². The number of allylic oxidation sites excluding steroid dienone is 1. The van der Waals surface area contributed by atoms with Gasteiger partial charge in [-0.25, -0.2) is 4.79 Å². The van der Waals surface area contributed by atoms with Crippen LogP contribution in [0, 0.1) is 0 Å². The van der Waals surface area contributed by atoms with Gasteiger partial charge >= 0.3 is 24.0 Å². The topological polar surface area (TPSA) is 117 Å². The van der Waals surface area contributed by atoms with E-state index in [-0.39, 0.29) is 51.2 Å². The number of rotatable bonds is 11. The van der Waals surface area contributed by atoms with E-state index in [0.29, 0.717) is 22.3 Å². The first-order valence-electron chi connectivity index (χ1n) is 12.5. The Labute approximate surface area is 212 Å². The summed E-state index contributed by atoms with van der Waals surface area (Å²) in [5, 5.41) is 2.39. The largest absolute Gasteiger partial charge is 0.461 e. The maximum absolute atomic E-state index is 13.0. The van der Waals surface area contributed by atoms with Gasteiger partial charge in [-0.1, -0.05) is 26.3 Å². The molecule has 9 heteroatoms. The number of carbonyl (C=O) groups excluding carboxylic acids is 4. The number of carbonyl (C=O) groups is 4. The maximum atomic E-state index is 13.0. The lowest BCUT2D eigenvalue weighted by molar-refractivity contribution is -0.146. The van der Waals surface area contributed by atoms with Gasteiger partial charge < -0.3 is 24.3 Å². The summed E-state index contributed by atoms with van der Waals surface area (Å²) in [5.41, 5.74) is 2.27. The Kier molecular flexibility index (Phi) is 12.5. The molecule has 2 rings (SSSR count). The van der Waals surface area contributed by atoms with Gasteiger partial charge in [-0.3, -0.25) is 14.4 Å². The summed E-state index contributed by atoms with van der Waals surface area (Å²) in [6.45, 7) is 3.16. The monoisotopic (exact) mass is 503 g/mol. The fraction of sp³-hybridized carbons (Fsp3) is 0.556. The van der Waals surface area contributed by atoms with Gasteiger partial charge in [-0.2, -0.15) is 0 Å². The van der Waals surface area contributed by atoms with Crippen LogP contribution in [0.3, 0.4) is 0 Å². The molecule has 1 atom stereocenters. The lowest BCUT2D eigenvalue weighted by Gasteiger charge is -2.20. The van der Waals surface area contributed by atoms with Crippen molar-refractivity contribution < 1.29 is 38.1 Å². The van der Waals surface area contributed by atoms with Crippen molar-refractivity contribution in [3.8, 4) is 0 Å². The Balaban J connectivity index is 2.35. The van der Waals surface area contributed by atoms with Crippen molar-refractivity contribution in [2.75, 3.05) is 7.05 Å². The number of hydrogen-bond donors (Lipinski definition) is 1. The highest BCUT2D eigenvalue weighted by Crippen LogP contribution is 2.24. The number of benzene rings is 1. The van der Waals surface area contributed by atoms with E-state index in [0.717, 1.165) is 32.1 Å². The van der Waals surface area contributed by atoms with Gasteiger partial charge in [0.15, 0.2) is 0 Å². The Bertz CT molecular complexity index is 899. The molecule has 0 aromatic heterocycles. The third-order valence-electron chi connectivity index (χ3n) is 5.74. The first-order chi connectivity index (χ1) is 17.4. The van der Waals surface area contributed by atoms with Crippen LogP contribution in [0.5, 0.6) is 0 Å². The second-order valence-corrected chi connectivity index (χ2v) is 8.52. The van der Waals surface area contributed by atoms with E-state index >= 15 is 0 Å². The number of alkyl carbamates (subject to hydrolysis) is 1. The van der Waals surface area contributed by atoms with Crippen LogP contribution in [-0.4, -0.2) is 37.2 Å². The van der Waals surface area contributed by atoms with Gasteiger partial charge in [0.2, 0.25) is 0 Å². The quantitative estimate of drug-likeness (QED) is 0.268. The van der Waals surface area contributed by atoms with E-state index in [1.807, 2.05) is 12.2 Å². The first-order valence-corrected chi connectivity index (χ1v) is 12.5. The molecule has 1 aliphatic rings. The van der Waals surface area contributed by atoms with E-state index in [2.05, 4.69) is 5.32 Å². The van der Waals surface area contributed by atoms with E-state index < -0.39 is 18.0 Å². The summed E-state index contributed by atoms with van der Waals surface area (Å²) < 4.78 is 21.6. The second kappa shape index (κ2) is 15.6. The van der Waals surface area contributed by atoms with Crippen LogP contribution < -0.4 is 5.32 Å². The molecule has 0 saturated heterocycles.